The van der Waals surface area contributed by atoms with Crippen molar-refractivity contribution in [2.45, 2.75) is 12.8 Å². The van der Waals surface area contributed by atoms with Crippen molar-refractivity contribution in [3.63, 3.8) is 0 Å². The Balaban J connectivity index is 1.70. The molecular formula is C11H14N2O3. The number of carbonyl (C=O) groups is 2. The van der Waals surface area contributed by atoms with Gasteiger partial charge in [0.05, 0.1) is 12.2 Å². The molecule has 1 aromatic heterocycles. The number of nitrogens with one attached hydrogen (secondary N) is 2. The molecule has 1 aromatic rings. The second kappa shape index (κ2) is 4.83. The van der Waals surface area contributed by atoms with Gasteiger partial charge in [-0.15, -0.1) is 0 Å². The van der Waals surface area contributed by atoms with E-state index in [0.717, 1.165) is 5.76 Å². The molecule has 2 rings (SSSR count). The number of furan rings is 1. The molecule has 2 heterocycles. The molecule has 5 heteroatoms. The van der Waals surface area contributed by atoms with Crippen LogP contribution in [0.4, 0.5) is 0 Å². The summed E-state index contributed by atoms with van der Waals surface area (Å²) in [6.07, 6.45) is 2.58. The van der Waals surface area contributed by atoms with Crippen LogP contribution < -0.4 is 10.6 Å². The third-order valence-electron chi connectivity index (χ3n) is 2.60. The van der Waals surface area contributed by atoms with E-state index in [1.807, 2.05) is 12.1 Å². The Bertz CT molecular complexity index is 373. The van der Waals surface area contributed by atoms with Gasteiger partial charge in [-0.05, 0) is 12.1 Å². The van der Waals surface area contributed by atoms with Crippen LogP contribution in [0, 0.1) is 5.92 Å². The van der Waals surface area contributed by atoms with E-state index in [0.29, 0.717) is 25.9 Å². The van der Waals surface area contributed by atoms with Gasteiger partial charge in [0, 0.05) is 25.9 Å². The van der Waals surface area contributed by atoms with Gasteiger partial charge >= 0.3 is 0 Å². The molecule has 5 nitrogen and oxygen atoms in total. The fourth-order valence-electron chi connectivity index (χ4n) is 1.70. The highest BCUT2D eigenvalue weighted by Crippen LogP contribution is 2.08. The van der Waals surface area contributed by atoms with Gasteiger partial charge in [-0.25, -0.2) is 0 Å². The Kier molecular flexibility index (Phi) is 3.24. The minimum Gasteiger partial charge on any atom is -0.469 e. The Morgan fingerprint density at radius 3 is 3.12 bits per heavy atom. The third-order valence-corrected chi connectivity index (χ3v) is 2.60. The highest BCUT2D eigenvalue weighted by atomic mass is 16.3. The van der Waals surface area contributed by atoms with Gasteiger partial charge in [-0.2, -0.15) is 0 Å². The molecule has 2 amide bonds. The summed E-state index contributed by atoms with van der Waals surface area (Å²) in [6, 6.07) is 3.68. The van der Waals surface area contributed by atoms with Gasteiger partial charge in [-0.3, -0.25) is 9.59 Å². The second-order valence-corrected chi connectivity index (χ2v) is 3.83. The standard InChI is InChI=1S/C11H14N2O3/c14-10-6-8(7-13-10)11(15)12-4-3-9-2-1-5-16-9/h1-2,5,8H,3-4,6-7H2,(H,12,15)(H,13,14). The van der Waals surface area contributed by atoms with Gasteiger partial charge in [-0.1, -0.05) is 0 Å². The zero-order valence-electron chi connectivity index (χ0n) is 8.86. The lowest BCUT2D eigenvalue weighted by molar-refractivity contribution is -0.126. The number of rotatable bonds is 4. The molecule has 16 heavy (non-hydrogen) atoms. The van der Waals surface area contributed by atoms with Crippen LogP contribution in [0.25, 0.3) is 0 Å². The van der Waals surface area contributed by atoms with Crippen LogP contribution in [0.1, 0.15) is 12.2 Å². The van der Waals surface area contributed by atoms with Crippen molar-refractivity contribution in [1.29, 1.82) is 0 Å². The number of hydrogen-bond donors (Lipinski definition) is 2. The zero-order chi connectivity index (χ0) is 11.4. The van der Waals surface area contributed by atoms with Gasteiger partial charge in [0.2, 0.25) is 11.8 Å². The molecule has 0 bridgehead atoms. The van der Waals surface area contributed by atoms with Crippen LogP contribution in [-0.4, -0.2) is 24.9 Å². The number of carbonyl (C=O) groups excluding carboxylic acids is 2. The molecule has 0 spiro atoms. The number of hydrogen-bond acceptors (Lipinski definition) is 3. The predicted molar refractivity (Wildman–Crippen MR) is 56.5 cm³/mol. The maximum Gasteiger partial charge on any atom is 0.225 e. The first kappa shape index (κ1) is 10.7. The first-order valence-corrected chi connectivity index (χ1v) is 5.32. The summed E-state index contributed by atoms with van der Waals surface area (Å²) in [7, 11) is 0. The van der Waals surface area contributed by atoms with Crippen LogP contribution in [0.5, 0.6) is 0 Å². The molecule has 0 aromatic carbocycles. The highest BCUT2D eigenvalue weighted by Gasteiger charge is 2.27. The lowest BCUT2D eigenvalue weighted by Crippen LogP contribution is -2.33. The van der Waals surface area contributed by atoms with Crippen molar-refractivity contribution in [2.24, 2.45) is 5.92 Å². The zero-order valence-corrected chi connectivity index (χ0v) is 8.86. The van der Waals surface area contributed by atoms with E-state index in [1.54, 1.807) is 6.26 Å². The lowest BCUT2D eigenvalue weighted by Gasteiger charge is -2.07. The number of amides is 2. The second-order valence-electron chi connectivity index (χ2n) is 3.83. The van der Waals surface area contributed by atoms with Gasteiger partial charge in [0.1, 0.15) is 5.76 Å². The van der Waals surface area contributed by atoms with E-state index in [4.69, 9.17) is 4.42 Å². The molecule has 1 atom stereocenters. The van der Waals surface area contributed by atoms with Crippen molar-refractivity contribution in [2.75, 3.05) is 13.1 Å². The molecule has 0 aliphatic carbocycles. The largest absolute Gasteiger partial charge is 0.469 e. The smallest absolute Gasteiger partial charge is 0.225 e. The van der Waals surface area contributed by atoms with Gasteiger partial charge in [0.15, 0.2) is 0 Å². The molecule has 1 saturated heterocycles. The minimum atomic E-state index is -0.218. The molecular weight excluding hydrogens is 208 g/mol. The summed E-state index contributed by atoms with van der Waals surface area (Å²) in [5, 5.41) is 5.43. The molecule has 0 saturated carbocycles. The van der Waals surface area contributed by atoms with Crippen LogP contribution in [0.3, 0.4) is 0 Å². The first-order valence-electron chi connectivity index (χ1n) is 5.32. The average molecular weight is 222 g/mol. The van der Waals surface area contributed by atoms with E-state index in [-0.39, 0.29) is 17.7 Å². The topological polar surface area (TPSA) is 71.3 Å². The molecule has 0 radical (unpaired) electrons. The summed E-state index contributed by atoms with van der Waals surface area (Å²) in [4.78, 5) is 22.5. The van der Waals surface area contributed by atoms with Crippen molar-refractivity contribution >= 4 is 11.8 Å². The molecule has 86 valence electrons. The van der Waals surface area contributed by atoms with Crippen molar-refractivity contribution < 1.29 is 14.0 Å². The van der Waals surface area contributed by atoms with E-state index >= 15 is 0 Å². The maximum absolute atomic E-state index is 11.6. The SMILES string of the molecule is O=C1CC(C(=O)NCCc2ccco2)CN1. The van der Waals surface area contributed by atoms with Crippen LogP contribution in [-0.2, 0) is 16.0 Å². The van der Waals surface area contributed by atoms with E-state index in [9.17, 15) is 9.59 Å². The minimum absolute atomic E-state index is 0.0498. The van der Waals surface area contributed by atoms with Crippen LogP contribution in [0.2, 0.25) is 0 Å². The van der Waals surface area contributed by atoms with Crippen molar-refractivity contribution in [3.8, 4) is 0 Å². The van der Waals surface area contributed by atoms with Gasteiger partial charge < -0.3 is 15.1 Å². The Morgan fingerprint density at radius 1 is 1.62 bits per heavy atom. The monoisotopic (exact) mass is 222 g/mol. The lowest BCUT2D eigenvalue weighted by atomic mass is 10.1. The average Bonchev–Trinajstić information content (AvgIpc) is 2.89. The third kappa shape index (κ3) is 2.62. The molecule has 1 fully saturated rings. The fourth-order valence-corrected chi connectivity index (χ4v) is 1.70. The summed E-state index contributed by atoms with van der Waals surface area (Å²) >= 11 is 0. The quantitative estimate of drug-likeness (QED) is 0.757. The Morgan fingerprint density at radius 2 is 2.50 bits per heavy atom. The molecule has 2 N–H and O–H groups in total. The summed E-state index contributed by atoms with van der Waals surface area (Å²) in [5.41, 5.74) is 0. The van der Waals surface area contributed by atoms with E-state index < -0.39 is 0 Å². The first-order chi connectivity index (χ1) is 7.75. The summed E-state index contributed by atoms with van der Waals surface area (Å²) < 4.78 is 5.14. The van der Waals surface area contributed by atoms with Crippen molar-refractivity contribution in [3.05, 3.63) is 24.2 Å². The van der Waals surface area contributed by atoms with E-state index in [1.165, 1.54) is 0 Å². The van der Waals surface area contributed by atoms with Crippen LogP contribution in [0.15, 0.2) is 22.8 Å². The summed E-state index contributed by atoms with van der Waals surface area (Å²) in [6.45, 7) is 0.989. The molecule has 1 aliphatic heterocycles. The maximum atomic E-state index is 11.6. The summed E-state index contributed by atoms with van der Waals surface area (Å²) in [5.74, 6) is 0.515. The molecule has 1 aliphatic rings. The molecule has 1 unspecified atom stereocenters. The van der Waals surface area contributed by atoms with Crippen molar-refractivity contribution in [1.82, 2.24) is 10.6 Å². The fraction of sp³-hybridized carbons (Fsp3) is 0.455. The Labute approximate surface area is 93.2 Å². The van der Waals surface area contributed by atoms with Crippen LogP contribution >= 0.6 is 0 Å². The Hall–Kier alpha value is -1.78. The van der Waals surface area contributed by atoms with Gasteiger partial charge in [0.25, 0.3) is 0 Å². The van der Waals surface area contributed by atoms with E-state index in [2.05, 4.69) is 10.6 Å². The highest BCUT2D eigenvalue weighted by molar-refractivity contribution is 5.89. The predicted octanol–water partition coefficient (Wildman–Crippen LogP) is 0.0744. The normalized spacial score (nSPS) is 19.5.